The van der Waals surface area contributed by atoms with Crippen molar-refractivity contribution < 1.29 is 0 Å². The first-order chi connectivity index (χ1) is 5.69. The molecule has 1 heteroatoms. The third-order valence-corrected chi connectivity index (χ3v) is 6.36. The average Bonchev–Trinajstić information content (AvgIpc) is 1.81. The fraction of sp³-hybridized carbons (Fsp3) is 1.00. The van der Waals surface area contributed by atoms with Gasteiger partial charge in [-0.3, -0.25) is 0 Å². The highest BCUT2D eigenvalue weighted by molar-refractivity contribution is 7.60. The molecule has 0 saturated heterocycles. The van der Waals surface area contributed by atoms with Gasteiger partial charge in [-0.25, -0.2) is 0 Å². The predicted molar refractivity (Wildman–Crippen MR) is 66.2 cm³/mol. The zero-order valence-electron chi connectivity index (χ0n) is 10.6. The summed E-state index contributed by atoms with van der Waals surface area (Å²) in [7, 11) is 0.151. The second kappa shape index (κ2) is 4.78. The molecule has 80 valence electrons. The smallest absolute Gasteiger partial charge is 0.0175 e. The molecule has 13 heavy (non-hydrogen) atoms. The molecule has 0 aromatic carbocycles. The van der Waals surface area contributed by atoms with Crippen LogP contribution in [-0.4, -0.2) is 16.5 Å². The van der Waals surface area contributed by atoms with Gasteiger partial charge in [-0.2, -0.15) is 0 Å². The molecule has 0 aromatic rings. The van der Waals surface area contributed by atoms with Crippen LogP contribution in [0.4, 0.5) is 0 Å². The van der Waals surface area contributed by atoms with E-state index in [2.05, 4.69) is 48.5 Å². The van der Waals surface area contributed by atoms with Gasteiger partial charge in [-0.15, -0.1) is 0 Å². The van der Waals surface area contributed by atoms with Gasteiger partial charge in [0.1, 0.15) is 0 Å². The van der Waals surface area contributed by atoms with Gasteiger partial charge in [0.2, 0.25) is 0 Å². The van der Waals surface area contributed by atoms with E-state index in [0.29, 0.717) is 10.3 Å². The molecule has 0 bridgehead atoms. The van der Waals surface area contributed by atoms with Crippen LogP contribution < -0.4 is 0 Å². The number of hydrogen-bond donors (Lipinski definition) is 0. The van der Waals surface area contributed by atoms with Crippen molar-refractivity contribution in [3.05, 3.63) is 0 Å². The van der Waals surface area contributed by atoms with Crippen LogP contribution in [0, 0.1) is 0 Å². The van der Waals surface area contributed by atoms with E-state index in [9.17, 15) is 0 Å². The van der Waals surface area contributed by atoms with Gasteiger partial charge in [0.15, 0.2) is 0 Å². The SMILES string of the molecule is CCCCP(C(C)(C)C)C(C)(C)C. The third-order valence-electron chi connectivity index (χ3n) is 2.35. The minimum Gasteiger partial charge on any atom is -0.0956 e. The van der Waals surface area contributed by atoms with Crippen LogP contribution in [0.1, 0.15) is 61.3 Å². The lowest BCUT2D eigenvalue weighted by atomic mass is 10.2. The van der Waals surface area contributed by atoms with Gasteiger partial charge in [-0.1, -0.05) is 62.8 Å². The zero-order chi connectivity index (χ0) is 10.7. The standard InChI is InChI=1S/C12H27P/c1-8-9-10-13(11(2,3)4)12(5,6)7/h8-10H2,1-7H3. The second-order valence-corrected chi connectivity index (χ2v) is 9.83. The van der Waals surface area contributed by atoms with Crippen LogP contribution in [0.5, 0.6) is 0 Å². The molecule has 0 saturated carbocycles. The molecule has 0 aliphatic carbocycles. The van der Waals surface area contributed by atoms with Crippen molar-refractivity contribution >= 4 is 7.92 Å². The highest BCUT2D eigenvalue weighted by Gasteiger charge is 2.33. The van der Waals surface area contributed by atoms with Crippen LogP contribution in [-0.2, 0) is 0 Å². The summed E-state index contributed by atoms with van der Waals surface area (Å²) < 4.78 is 0. The van der Waals surface area contributed by atoms with Crippen molar-refractivity contribution in [3.8, 4) is 0 Å². The molecule has 0 radical (unpaired) electrons. The highest BCUT2D eigenvalue weighted by atomic mass is 31.1. The van der Waals surface area contributed by atoms with E-state index < -0.39 is 0 Å². The summed E-state index contributed by atoms with van der Waals surface area (Å²) in [6, 6.07) is 0. The van der Waals surface area contributed by atoms with Crippen LogP contribution in [0.3, 0.4) is 0 Å². The van der Waals surface area contributed by atoms with E-state index >= 15 is 0 Å². The molecule has 0 nitrogen and oxygen atoms in total. The lowest BCUT2D eigenvalue weighted by Crippen LogP contribution is -2.26. The van der Waals surface area contributed by atoms with Crippen LogP contribution >= 0.6 is 7.92 Å². The normalized spacial score (nSPS) is 13.8. The van der Waals surface area contributed by atoms with E-state index in [1.54, 1.807) is 0 Å². The Morgan fingerprint density at radius 1 is 0.846 bits per heavy atom. The third kappa shape index (κ3) is 5.01. The Hall–Kier alpha value is 0.430. The van der Waals surface area contributed by atoms with Crippen molar-refractivity contribution in [2.75, 3.05) is 6.16 Å². The largest absolute Gasteiger partial charge is 0.0956 e. The average molecular weight is 202 g/mol. The van der Waals surface area contributed by atoms with E-state index in [1.165, 1.54) is 19.0 Å². The summed E-state index contributed by atoms with van der Waals surface area (Å²) in [5.74, 6) is 0. The maximum absolute atomic E-state index is 2.40. The fourth-order valence-electron chi connectivity index (χ4n) is 1.99. The number of unbranched alkanes of at least 4 members (excludes halogenated alkanes) is 1. The van der Waals surface area contributed by atoms with E-state index in [4.69, 9.17) is 0 Å². The summed E-state index contributed by atoms with van der Waals surface area (Å²) in [5.41, 5.74) is 0. The topological polar surface area (TPSA) is 0 Å². The molecule has 0 rings (SSSR count). The van der Waals surface area contributed by atoms with Gasteiger partial charge < -0.3 is 0 Å². The van der Waals surface area contributed by atoms with Crippen molar-refractivity contribution in [3.63, 3.8) is 0 Å². The fourth-order valence-corrected chi connectivity index (χ4v) is 5.98. The van der Waals surface area contributed by atoms with Gasteiger partial charge in [0, 0.05) is 0 Å². The minimum absolute atomic E-state index is 0.151. The molecule has 0 unspecified atom stereocenters. The zero-order valence-corrected chi connectivity index (χ0v) is 11.5. The first kappa shape index (κ1) is 13.4. The molecule has 0 spiro atoms. The lowest BCUT2D eigenvalue weighted by Gasteiger charge is -2.41. The Labute approximate surface area is 86.3 Å². The molecule has 0 amide bonds. The quantitative estimate of drug-likeness (QED) is 0.573. The highest BCUT2D eigenvalue weighted by Crippen LogP contribution is 2.59. The Morgan fingerprint density at radius 3 is 1.46 bits per heavy atom. The molecule has 0 aliphatic heterocycles. The predicted octanol–water partition coefficient (Wildman–Crippen LogP) is 4.87. The summed E-state index contributed by atoms with van der Waals surface area (Å²) >= 11 is 0. The Kier molecular flexibility index (Phi) is 4.94. The first-order valence-corrected chi connectivity index (χ1v) is 7.00. The van der Waals surface area contributed by atoms with Crippen LogP contribution in [0.25, 0.3) is 0 Å². The van der Waals surface area contributed by atoms with Gasteiger partial charge in [-0.05, 0) is 22.9 Å². The number of rotatable bonds is 3. The Balaban J connectivity index is 4.39. The minimum atomic E-state index is 0.151. The van der Waals surface area contributed by atoms with Gasteiger partial charge >= 0.3 is 0 Å². The molecule has 0 aromatic heterocycles. The van der Waals surface area contributed by atoms with Crippen LogP contribution in [0.15, 0.2) is 0 Å². The maximum atomic E-state index is 2.40. The first-order valence-electron chi connectivity index (χ1n) is 5.47. The van der Waals surface area contributed by atoms with Crippen LogP contribution in [0.2, 0.25) is 0 Å². The molecular weight excluding hydrogens is 175 g/mol. The molecule has 0 aliphatic rings. The number of hydrogen-bond acceptors (Lipinski definition) is 0. The summed E-state index contributed by atoms with van der Waals surface area (Å²) in [4.78, 5) is 0. The van der Waals surface area contributed by atoms with Crippen molar-refractivity contribution in [1.29, 1.82) is 0 Å². The molecule has 0 heterocycles. The monoisotopic (exact) mass is 202 g/mol. The summed E-state index contributed by atoms with van der Waals surface area (Å²) in [6.45, 7) is 16.7. The summed E-state index contributed by atoms with van der Waals surface area (Å²) in [5, 5.41) is 1.03. The van der Waals surface area contributed by atoms with Crippen molar-refractivity contribution in [1.82, 2.24) is 0 Å². The summed E-state index contributed by atoms with van der Waals surface area (Å²) in [6.07, 6.45) is 4.18. The lowest BCUT2D eigenvalue weighted by molar-refractivity contribution is 0.696. The maximum Gasteiger partial charge on any atom is -0.0175 e. The molecule has 0 atom stereocenters. The van der Waals surface area contributed by atoms with E-state index in [-0.39, 0.29) is 7.92 Å². The van der Waals surface area contributed by atoms with Gasteiger partial charge in [0.05, 0.1) is 0 Å². The van der Waals surface area contributed by atoms with E-state index in [1.807, 2.05) is 0 Å². The van der Waals surface area contributed by atoms with Crippen molar-refractivity contribution in [2.45, 2.75) is 71.6 Å². The molecular formula is C12H27P. The molecule has 0 N–H and O–H groups in total. The van der Waals surface area contributed by atoms with Crippen molar-refractivity contribution in [2.24, 2.45) is 0 Å². The molecule has 0 fully saturated rings. The Morgan fingerprint density at radius 2 is 1.23 bits per heavy atom. The Bertz CT molecular complexity index is 122. The second-order valence-electron chi connectivity index (χ2n) is 5.85. The van der Waals surface area contributed by atoms with E-state index in [0.717, 1.165) is 0 Å². The van der Waals surface area contributed by atoms with Gasteiger partial charge in [0.25, 0.3) is 0 Å².